The van der Waals surface area contributed by atoms with Gasteiger partial charge in [-0.3, -0.25) is 4.99 Å². The molecule has 0 amide bonds. The van der Waals surface area contributed by atoms with Gasteiger partial charge >= 0.3 is 0 Å². The number of hydrogen-bond acceptors (Lipinski definition) is 4. The van der Waals surface area contributed by atoms with Crippen LogP contribution in [0.4, 0.5) is 0 Å². The average molecular weight is 369 g/mol. The maximum absolute atomic E-state index is 6.14. The molecule has 1 aliphatic carbocycles. The van der Waals surface area contributed by atoms with Gasteiger partial charge in [-0.2, -0.15) is 0 Å². The molecule has 0 saturated heterocycles. The number of rotatable bonds is 8. The van der Waals surface area contributed by atoms with Gasteiger partial charge < -0.3 is 16.0 Å². The number of nitrogens with two attached hydrogens (primary N) is 1. The third kappa shape index (κ3) is 5.58. The Hall–Kier alpha value is -1.81. The molecule has 2 unspecified atom stereocenters. The van der Waals surface area contributed by atoms with Crippen molar-refractivity contribution in [3.05, 3.63) is 46.5 Å². The smallest absolute Gasteiger partial charge is 0.0620 e. The van der Waals surface area contributed by atoms with E-state index >= 15 is 0 Å². The van der Waals surface area contributed by atoms with Gasteiger partial charge in [-0.25, -0.2) is 0 Å². The van der Waals surface area contributed by atoms with Gasteiger partial charge in [0.25, 0.3) is 0 Å². The molecule has 0 aromatic carbocycles. The van der Waals surface area contributed by atoms with E-state index < -0.39 is 0 Å². The number of hydrogen-bond donors (Lipinski definition) is 2. The standard InChI is InChI=1S/C23H36N4/c1-16(5-6-19-7-8-19)11-23-17(2)12-20(15-27(23)4)13-25-14-21-18(3)26-10-9-22(21)24/h9-10,12,14,16,19,22,26H,5-8,11,13,15,24H2,1-4H3. The number of allylic oxidation sites excluding steroid dienone is 4. The van der Waals surface area contributed by atoms with E-state index in [9.17, 15) is 0 Å². The van der Waals surface area contributed by atoms with Gasteiger partial charge in [0, 0.05) is 36.8 Å². The lowest BCUT2D eigenvalue weighted by Crippen LogP contribution is -2.29. The molecule has 1 fully saturated rings. The van der Waals surface area contributed by atoms with Crippen LogP contribution in [0, 0.1) is 11.8 Å². The highest BCUT2D eigenvalue weighted by Crippen LogP contribution is 2.36. The zero-order valence-electron chi connectivity index (χ0n) is 17.5. The second-order valence-electron chi connectivity index (χ2n) is 8.70. The molecular weight excluding hydrogens is 332 g/mol. The van der Waals surface area contributed by atoms with Crippen LogP contribution in [0.1, 0.15) is 52.9 Å². The quantitative estimate of drug-likeness (QED) is 0.633. The van der Waals surface area contributed by atoms with E-state index in [1.807, 2.05) is 25.4 Å². The Morgan fingerprint density at radius 3 is 2.81 bits per heavy atom. The van der Waals surface area contributed by atoms with Crippen molar-refractivity contribution in [3.8, 4) is 0 Å². The van der Waals surface area contributed by atoms with Crippen LogP contribution in [0.15, 0.2) is 51.5 Å². The van der Waals surface area contributed by atoms with Crippen LogP contribution in [0.25, 0.3) is 0 Å². The molecule has 148 valence electrons. The Kier molecular flexibility index (Phi) is 6.59. The minimum atomic E-state index is -0.0663. The molecule has 2 atom stereocenters. The summed E-state index contributed by atoms with van der Waals surface area (Å²) in [5.41, 5.74) is 12.6. The normalized spacial score (nSPS) is 24.6. The first-order valence-corrected chi connectivity index (χ1v) is 10.4. The fraction of sp³-hybridized carbons (Fsp3) is 0.609. The molecule has 0 bridgehead atoms. The largest absolute Gasteiger partial charge is 0.374 e. The summed E-state index contributed by atoms with van der Waals surface area (Å²) >= 11 is 0. The zero-order chi connectivity index (χ0) is 19.4. The van der Waals surface area contributed by atoms with E-state index in [4.69, 9.17) is 5.73 Å². The fourth-order valence-electron chi connectivity index (χ4n) is 4.07. The van der Waals surface area contributed by atoms with Crippen molar-refractivity contribution in [3.63, 3.8) is 0 Å². The first kappa shape index (κ1) is 19.9. The number of likely N-dealkylation sites (N-methyl/N-ethyl adjacent to an activating group) is 1. The Morgan fingerprint density at radius 1 is 1.37 bits per heavy atom. The average Bonchev–Trinajstić information content (AvgIpc) is 3.43. The van der Waals surface area contributed by atoms with Crippen LogP contribution in [0.2, 0.25) is 0 Å². The summed E-state index contributed by atoms with van der Waals surface area (Å²) in [6.45, 7) is 8.41. The van der Waals surface area contributed by atoms with E-state index in [1.54, 1.807) is 0 Å². The molecule has 4 heteroatoms. The molecular formula is C23H36N4. The Labute approximate surface area is 165 Å². The highest BCUT2D eigenvalue weighted by Gasteiger charge is 2.23. The van der Waals surface area contributed by atoms with Gasteiger partial charge in [0.15, 0.2) is 0 Å². The van der Waals surface area contributed by atoms with E-state index in [0.717, 1.165) is 36.2 Å². The summed E-state index contributed by atoms with van der Waals surface area (Å²) < 4.78 is 0. The van der Waals surface area contributed by atoms with Crippen LogP contribution in [0.3, 0.4) is 0 Å². The maximum Gasteiger partial charge on any atom is 0.0620 e. The van der Waals surface area contributed by atoms with Crippen molar-refractivity contribution < 1.29 is 0 Å². The number of nitrogens with one attached hydrogen (secondary N) is 1. The molecule has 2 heterocycles. The van der Waals surface area contributed by atoms with E-state index in [-0.39, 0.29) is 6.04 Å². The van der Waals surface area contributed by atoms with Crippen molar-refractivity contribution in [2.75, 3.05) is 20.1 Å². The highest BCUT2D eigenvalue weighted by atomic mass is 15.1. The third-order valence-electron chi connectivity index (χ3n) is 6.00. The SMILES string of the molecule is CC1=C(CC(C)CCC2CC2)N(C)CC(CN=CC2=C(C)NC=CC2N)=C1. The molecule has 0 spiro atoms. The first-order chi connectivity index (χ1) is 12.9. The molecule has 1 saturated carbocycles. The Morgan fingerprint density at radius 2 is 2.15 bits per heavy atom. The molecule has 4 nitrogen and oxygen atoms in total. The summed E-state index contributed by atoms with van der Waals surface area (Å²) in [5, 5.41) is 3.21. The first-order valence-electron chi connectivity index (χ1n) is 10.4. The van der Waals surface area contributed by atoms with Gasteiger partial charge in [-0.05, 0) is 55.5 Å². The second kappa shape index (κ2) is 8.92. The molecule has 2 aliphatic heterocycles. The summed E-state index contributed by atoms with van der Waals surface area (Å²) in [4.78, 5) is 7.10. The van der Waals surface area contributed by atoms with E-state index in [0.29, 0.717) is 0 Å². The second-order valence-corrected chi connectivity index (χ2v) is 8.70. The van der Waals surface area contributed by atoms with Crippen molar-refractivity contribution in [1.29, 1.82) is 0 Å². The van der Waals surface area contributed by atoms with Gasteiger partial charge in [0.05, 0.1) is 12.6 Å². The predicted molar refractivity (Wildman–Crippen MR) is 115 cm³/mol. The monoisotopic (exact) mass is 368 g/mol. The number of aliphatic imine (C=N–C) groups is 1. The molecule has 27 heavy (non-hydrogen) atoms. The zero-order valence-corrected chi connectivity index (χ0v) is 17.5. The molecule has 0 aromatic rings. The molecule has 3 rings (SSSR count). The highest BCUT2D eigenvalue weighted by molar-refractivity contribution is 5.82. The lowest BCUT2D eigenvalue weighted by atomic mass is 9.93. The number of dihydropyridines is 1. The van der Waals surface area contributed by atoms with Gasteiger partial charge in [-0.1, -0.05) is 38.7 Å². The van der Waals surface area contributed by atoms with Crippen molar-refractivity contribution in [2.45, 2.75) is 58.9 Å². The van der Waals surface area contributed by atoms with Crippen molar-refractivity contribution >= 4 is 6.21 Å². The van der Waals surface area contributed by atoms with E-state index in [2.05, 4.69) is 42.2 Å². The number of nitrogens with zero attached hydrogens (tertiary/aromatic N) is 2. The summed E-state index contributed by atoms with van der Waals surface area (Å²) in [7, 11) is 2.22. The summed E-state index contributed by atoms with van der Waals surface area (Å²) in [6.07, 6.45) is 15.1. The third-order valence-corrected chi connectivity index (χ3v) is 6.00. The van der Waals surface area contributed by atoms with Crippen LogP contribution in [-0.4, -0.2) is 37.3 Å². The Bertz CT molecular complexity index is 691. The Balaban J connectivity index is 1.57. The molecule has 3 N–H and O–H groups in total. The summed E-state index contributed by atoms with van der Waals surface area (Å²) in [6, 6.07) is -0.0663. The van der Waals surface area contributed by atoms with E-state index in [1.165, 1.54) is 48.9 Å². The van der Waals surface area contributed by atoms with Crippen molar-refractivity contribution in [1.82, 2.24) is 10.2 Å². The van der Waals surface area contributed by atoms with Crippen LogP contribution in [-0.2, 0) is 0 Å². The minimum Gasteiger partial charge on any atom is -0.374 e. The fourth-order valence-corrected chi connectivity index (χ4v) is 4.07. The van der Waals surface area contributed by atoms with Gasteiger partial charge in [0.2, 0.25) is 0 Å². The predicted octanol–water partition coefficient (Wildman–Crippen LogP) is 4.14. The molecule has 0 aromatic heterocycles. The van der Waals surface area contributed by atoms with Crippen LogP contribution < -0.4 is 11.1 Å². The van der Waals surface area contributed by atoms with Crippen LogP contribution in [0.5, 0.6) is 0 Å². The molecule has 0 radical (unpaired) electrons. The van der Waals surface area contributed by atoms with Gasteiger partial charge in [0.1, 0.15) is 0 Å². The lowest BCUT2D eigenvalue weighted by Gasteiger charge is -2.31. The molecule has 3 aliphatic rings. The minimum absolute atomic E-state index is 0.0663. The topological polar surface area (TPSA) is 53.6 Å². The van der Waals surface area contributed by atoms with Crippen LogP contribution >= 0.6 is 0 Å². The van der Waals surface area contributed by atoms with Crippen molar-refractivity contribution in [2.24, 2.45) is 22.6 Å². The summed E-state index contributed by atoms with van der Waals surface area (Å²) in [5.74, 6) is 1.81. The lowest BCUT2D eigenvalue weighted by molar-refractivity contribution is 0.376. The maximum atomic E-state index is 6.14. The van der Waals surface area contributed by atoms with Gasteiger partial charge in [-0.15, -0.1) is 0 Å².